The molecule has 7 N–H and O–H groups in total. The quantitative estimate of drug-likeness (QED) is 0.0733. The Morgan fingerprint density at radius 1 is 0.933 bits per heavy atom. The molecule has 0 amide bonds. The van der Waals surface area contributed by atoms with Crippen molar-refractivity contribution < 1.29 is 66.2 Å². The van der Waals surface area contributed by atoms with Crippen LogP contribution in [0.1, 0.15) is 32.6 Å². The second kappa shape index (κ2) is 17.9. The van der Waals surface area contributed by atoms with Crippen molar-refractivity contribution in [2.24, 2.45) is 0 Å². The minimum atomic E-state index is -5.75. The number of aromatic nitrogens is 2. The van der Waals surface area contributed by atoms with Crippen LogP contribution in [0.4, 0.5) is 5.82 Å². The lowest BCUT2D eigenvalue weighted by atomic mass is 10.1. The summed E-state index contributed by atoms with van der Waals surface area (Å²) in [5.41, 5.74) is 2.61. The first-order valence-corrected chi connectivity index (χ1v) is 18.1. The first-order chi connectivity index (χ1) is 21.0. The van der Waals surface area contributed by atoms with Crippen molar-refractivity contribution in [1.82, 2.24) is 14.5 Å². The molecule has 1 aliphatic rings. The Morgan fingerprint density at radius 3 is 2.09 bits per heavy atom. The fraction of sp³-hybridized carbons (Fsp3) is 0.565. The van der Waals surface area contributed by atoms with Gasteiger partial charge in [-0.15, -0.1) is 0 Å². The van der Waals surface area contributed by atoms with Crippen molar-refractivity contribution in [3.8, 4) is 0 Å². The number of rotatable bonds is 16. The van der Waals surface area contributed by atoms with Gasteiger partial charge < -0.3 is 39.4 Å². The zero-order valence-electron chi connectivity index (χ0n) is 24.6. The van der Waals surface area contributed by atoms with E-state index in [9.17, 15) is 33.6 Å². The molecule has 0 saturated carbocycles. The van der Waals surface area contributed by atoms with Crippen molar-refractivity contribution >= 4 is 29.3 Å². The van der Waals surface area contributed by atoms with Gasteiger partial charge in [-0.3, -0.25) is 13.9 Å². The lowest BCUT2D eigenvalue weighted by Gasteiger charge is -2.19. The molecule has 0 bridgehead atoms. The van der Waals surface area contributed by atoms with E-state index >= 15 is 0 Å². The molecule has 22 heteroatoms. The van der Waals surface area contributed by atoms with Gasteiger partial charge in [0, 0.05) is 6.20 Å². The molecule has 3 rings (SSSR count). The maximum absolute atomic E-state index is 12.4. The number of anilines is 1. The van der Waals surface area contributed by atoms with Gasteiger partial charge in [-0.25, -0.2) is 24.0 Å². The molecule has 2 heterocycles. The van der Waals surface area contributed by atoms with Crippen LogP contribution in [0.15, 0.2) is 47.4 Å². The molecule has 2 aromatic rings. The van der Waals surface area contributed by atoms with Gasteiger partial charge in [0.05, 0.1) is 13.2 Å². The molecular weight excluding hydrogens is 665 g/mol. The summed E-state index contributed by atoms with van der Waals surface area (Å²) in [6.45, 7) is 9.36. The monoisotopic (exact) mass is 704 g/mol. The number of hydrogen-bond acceptors (Lipinski definition) is 14. The van der Waals surface area contributed by atoms with Gasteiger partial charge >= 0.3 is 29.2 Å². The van der Waals surface area contributed by atoms with E-state index in [-0.39, 0.29) is 12.4 Å². The average Bonchev–Trinajstić information content (AvgIpc) is 3.23. The van der Waals surface area contributed by atoms with E-state index in [2.05, 4.69) is 49.3 Å². The van der Waals surface area contributed by atoms with Gasteiger partial charge in [0.2, 0.25) is 0 Å². The Balaban J connectivity index is 0.000000900. The molecule has 0 aliphatic carbocycles. The van der Waals surface area contributed by atoms with Gasteiger partial charge in [-0.1, -0.05) is 51.1 Å². The van der Waals surface area contributed by atoms with Gasteiger partial charge in [0.1, 0.15) is 18.3 Å². The third-order valence-corrected chi connectivity index (χ3v) is 9.92. The third kappa shape index (κ3) is 13.8. The van der Waals surface area contributed by atoms with Crippen LogP contribution in [0.5, 0.6) is 0 Å². The standard InChI is InChI=1S/C17H24N3O15P3.C6H15N/c21-14-12(10-32-37(27,28)35-38(29,30)34-36(24,25)26)33-16(15(14)22)20-8-6-13(18-17(20)23)19-31-9-7-11-4-2-1-3-5-11;1-4-7(5-2)6-3/h1-6,8,12,14-16,21-22H,7,9-10H2,(H,27,28)(H,29,30)(H,18,19,23)(H2,24,25,26);4-6H2,1-3H3/t12-,14-,15-,16-;/m1./s1. The maximum atomic E-state index is 12.4. The van der Waals surface area contributed by atoms with Crippen LogP contribution in [0, 0.1) is 0 Å². The third-order valence-electron chi connectivity index (χ3n) is 6.11. The zero-order valence-corrected chi connectivity index (χ0v) is 27.3. The zero-order chi connectivity index (χ0) is 33.8. The molecular formula is C23H39N4O15P3. The van der Waals surface area contributed by atoms with Gasteiger partial charge in [-0.05, 0) is 37.7 Å². The van der Waals surface area contributed by atoms with E-state index in [0.717, 1.165) is 10.1 Å². The van der Waals surface area contributed by atoms with Crippen LogP contribution >= 0.6 is 23.5 Å². The summed E-state index contributed by atoms with van der Waals surface area (Å²) >= 11 is 0. The summed E-state index contributed by atoms with van der Waals surface area (Å²) in [6.07, 6.45) is -4.85. The lowest BCUT2D eigenvalue weighted by Crippen LogP contribution is -2.36. The molecule has 0 radical (unpaired) electrons. The number of nitrogens with zero attached hydrogens (tertiary/aromatic N) is 3. The van der Waals surface area contributed by atoms with Crippen molar-refractivity contribution in [1.29, 1.82) is 0 Å². The number of phosphoric acid groups is 3. The van der Waals surface area contributed by atoms with Crippen LogP contribution in [0.2, 0.25) is 0 Å². The highest BCUT2D eigenvalue weighted by atomic mass is 31.3. The fourth-order valence-corrected chi connectivity index (χ4v) is 6.87. The van der Waals surface area contributed by atoms with Gasteiger partial charge in [-0.2, -0.15) is 13.6 Å². The van der Waals surface area contributed by atoms with Crippen LogP contribution in [0.3, 0.4) is 0 Å². The van der Waals surface area contributed by atoms with Crippen molar-refractivity contribution in [3.63, 3.8) is 0 Å². The molecule has 19 nitrogen and oxygen atoms in total. The Bertz CT molecular complexity index is 1390. The summed E-state index contributed by atoms with van der Waals surface area (Å²) in [5.74, 6) is 0.0385. The largest absolute Gasteiger partial charge is 0.490 e. The number of phosphoric ester groups is 1. The van der Waals surface area contributed by atoms with Crippen LogP contribution in [0.25, 0.3) is 0 Å². The minimum Gasteiger partial charge on any atom is -0.387 e. The fourth-order valence-electron chi connectivity index (χ4n) is 3.84. The van der Waals surface area contributed by atoms with Crippen LogP contribution < -0.4 is 11.2 Å². The Hall–Kier alpha value is -1.89. The second-order valence-corrected chi connectivity index (χ2v) is 13.7. The molecule has 2 unspecified atom stereocenters. The predicted molar refractivity (Wildman–Crippen MR) is 157 cm³/mol. The number of hydrogen-bond donors (Lipinski definition) is 7. The molecule has 1 aromatic carbocycles. The SMILES string of the molecule is CCN(CC)CC.O=c1nc(NOCCc2ccccc2)ccn1[C@@H]1O[C@H](COP(=O)(O)OP(=O)(O)OP(=O)(O)O)[C@@H](O)[C@H]1O. The number of ether oxygens (including phenoxy) is 1. The summed E-state index contributed by atoms with van der Waals surface area (Å²) < 4.78 is 51.6. The normalized spacial score (nSPS) is 22.7. The molecule has 6 atom stereocenters. The van der Waals surface area contributed by atoms with Gasteiger partial charge in [0.15, 0.2) is 12.0 Å². The van der Waals surface area contributed by atoms with E-state index in [0.29, 0.717) is 6.42 Å². The number of aliphatic hydroxyl groups is 2. The summed E-state index contributed by atoms with van der Waals surface area (Å²) in [6, 6.07) is 10.8. The van der Waals surface area contributed by atoms with Crippen molar-refractivity contribution in [2.45, 2.75) is 51.7 Å². The number of benzene rings is 1. The Morgan fingerprint density at radius 2 is 1.56 bits per heavy atom. The molecule has 1 aromatic heterocycles. The molecule has 1 fully saturated rings. The summed E-state index contributed by atoms with van der Waals surface area (Å²) in [4.78, 5) is 59.6. The van der Waals surface area contributed by atoms with Crippen molar-refractivity contribution in [2.75, 3.05) is 38.3 Å². The van der Waals surface area contributed by atoms with Crippen LogP contribution in [-0.4, -0.2) is 95.4 Å². The molecule has 1 saturated heterocycles. The highest BCUT2D eigenvalue weighted by molar-refractivity contribution is 7.66. The van der Waals surface area contributed by atoms with Crippen molar-refractivity contribution in [3.05, 3.63) is 58.6 Å². The van der Waals surface area contributed by atoms with E-state index in [4.69, 9.17) is 24.3 Å². The number of aliphatic hydroxyl groups excluding tert-OH is 2. The molecule has 0 spiro atoms. The highest BCUT2D eigenvalue weighted by Crippen LogP contribution is 2.66. The lowest BCUT2D eigenvalue weighted by molar-refractivity contribution is -0.0541. The summed E-state index contributed by atoms with van der Waals surface area (Å²) in [7, 11) is -16.8. The van der Waals surface area contributed by atoms with E-state index in [1.54, 1.807) is 0 Å². The first kappa shape index (κ1) is 39.3. The highest BCUT2D eigenvalue weighted by Gasteiger charge is 2.46. The van der Waals surface area contributed by atoms with Crippen LogP contribution in [-0.2, 0) is 42.8 Å². The molecule has 45 heavy (non-hydrogen) atoms. The topological polar surface area (TPSA) is 269 Å². The Kier molecular flexibility index (Phi) is 15.6. The smallest absolute Gasteiger partial charge is 0.387 e. The van der Waals surface area contributed by atoms with E-state index in [1.807, 2.05) is 30.3 Å². The second-order valence-electron chi connectivity index (χ2n) is 9.24. The average molecular weight is 705 g/mol. The van der Waals surface area contributed by atoms with Gasteiger partial charge in [0.25, 0.3) is 0 Å². The predicted octanol–water partition coefficient (Wildman–Crippen LogP) is 1.14. The maximum Gasteiger partial charge on any atom is 0.490 e. The molecule has 1 aliphatic heterocycles. The number of nitrogens with one attached hydrogen (secondary N) is 1. The first-order valence-electron chi connectivity index (χ1n) is 13.5. The van der Waals surface area contributed by atoms with E-state index < -0.39 is 60.3 Å². The minimum absolute atomic E-state index is 0.0385. The molecule has 256 valence electrons. The Labute approximate surface area is 258 Å². The van der Waals surface area contributed by atoms with E-state index in [1.165, 1.54) is 31.9 Å². The summed E-state index contributed by atoms with van der Waals surface area (Å²) in [5, 5.41) is 20.5.